The summed E-state index contributed by atoms with van der Waals surface area (Å²) in [6.07, 6.45) is 0. The molecular formula is C25H18N2S2. The Balaban J connectivity index is 1.42. The van der Waals surface area contributed by atoms with Crippen molar-refractivity contribution in [3.8, 4) is 43.7 Å². The van der Waals surface area contributed by atoms with Gasteiger partial charge in [0.25, 0.3) is 0 Å². The molecule has 29 heavy (non-hydrogen) atoms. The van der Waals surface area contributed by atoms with Crippen LogP contribution in [0.2, 0.25) is 0 Å². The third kappa shape index (κ3) is 3.65. The van der Waals surface area contributed by atoms with Crippen LogP contribution >= 0.6 is 22.7 Å². The summed E-state index contributed by atoms with van der Waals surface area (Å²) in [5.74, 6) is 0. The Morgan fingerprint density at radius 2 is 1.17 bits per heavy atom. The Bertz CT molecular complexity index is 1240. The van der Waals surface area contributed by atoms with E-state index in [9.17, 15) is 0 Å². The highest BCUT2D eigenvalue weighted by Gasteiger charge is 2.12. The van der Waals surface area contributed by atoms with E-state index in [2.05, 4.69) is 73.0 Å². The molecule has 2 aromatic heterocycles. The Labute approximate surface area is 178 Å². The van der Waals surface area contributed by atoms with Crippen molar-refractivity contribution in [2.75, 3.05) is 0 Å². The fourth-order valence-corrected chi connectivity index (χ4v) is 5.06. The van der Waals surface area contributed by atoms with Crippen LogP contribution in [0.3, 0.4) is 0 Å². The lowest BCUT2D eigenvalue weighted by molar-refractivity contribution is 1.37. The van der Waals surface area contributed by atoms with Crippen LogP contribution in [-0.4, -0.2) is 9.97 Å². The second kappa shape index (κ2) is 7.74. The first kappa shape index (κ1) is 18.0. The second-order valence-electron chi connectivity index (χ2n) is 6.77. The minimum Gasteiger partial charge on any atom is -0.236 e. The molecule has 0 aliphatic carbocycles. The molecule has 140 valence electrons. The SMILES string of the molecule is Cc1sc(-c2ccc(-c3csc(-c4ccccc4)n3)cc2)nc1-c1ccccc1. The van der Waals surface area contributed by atoms with Gasteiger partial charge in [-0.2, -0.15) is 0 Å². The lowest BCUT2D eigenvalue weighted by atomic mass is 10.1. The molecule has 0 saturated heterocycles. The van der Waals surface area contributed by atoms with Gasteiger partial charge in [0.2, 0.25) is 0 Å². The lowest BCUT2D eigenvalue weighted by Crippen LogP contribution is -1.82. The molecule has 4 heteroatoms. The maximum absolute atomic E-state index is 4.90. The quantitative estimate of drug-likeness (QED) is 0.305. The van der Waals surface area contributed by atoms with Crippen molar-refractivity contribution in [2.45, 2.75) is 6.92 Å². The number of aromatic nitrogens is 2. The number of rotatable bonds is 4. The predicted octanol–water partition coefficient (Wildman–Crippen LogP) is 7.58. The Hall–Kier alpha value is -3.08. The maximum Gasteiger partial charge on any atom is 0.124 e. The normalized spacial score (nSPS) is 10.9. The van der Waals surface area contributed by atoms with Crippen molar-refractivity contribution < 1.29 is 0 Å². The second-order valence-corrected chi connectivity index (χ2v) is 8.83. The molecule has 0 amide bonds. The van der Waals surface area contributed by atoms with Crippen molar-refractivity contribution in [1.82, 2.24) is 9.97 Å². The standard InChI is InChI=1S/C25H18N2S2/c1-17-23(19-8-4-2-5-9-19)27-25(29-17)21-14-12-18(13-15-21)22-16-28-24(26-22)20-10-6-3-7-11-20/h2-16H,1H3. The lowest BCUT2D eigenvalue weighted by Gasteiger charge is -2.00. The summed E-state index contributed by atoms with van der Waals surface area (Å²) in [5.41, 5.74) is 6.68. The number of aryl methyl sites for hydroxylation is 1. The number of benzene rings is 3. The summed E-state index contributed by atoms with van der Waals surface area (Å²) in [6, 6.07) is 29.2. The molecule has 2 nitrogen and oxygen atoms in total. The van der Waals surface area contributed by atoms with Crippen LogP contribution < -0.4 is 0 Å². The zero-order valence-electron chi connectivity index (χ0n) is 15.9. The molecule has 2 heterocycles. The summed E-state index contributed by atoms with van der Waals surface area (Å²) >= 11 is 3.42. The van der Waals surface area contributed by atoms with E-state index in [0.717, 1.165) is 38.1 Å². The fourth-order valence-electron chi connectivity index (χ4n) is 3.29. The third-order valence-electron chi connectivity index (χ3n) is 4.80. The molecule has 0 unspecified atom stereocenters. The maximum atomic E-state index is 4.90. The van der Waals surface area contributed by atoms with Gasteiger partial charge >= 0.3 is 0 Å². The van der Waals surface area contributed by atoms with E-state index in [1.807, 2.05) is 24.3 Å². The van der Waals surface area contributed by atoms with Crippen LogP contribution in [0.25, 0.3) is 43.7 Å². The molecule has 0 radical (unpaired) electrons. The van der Waals surface area contributed by atoms with Crippen molar-refractivity contribution in [3.05, 3.63) is 95.2 Å². The minimum atomic E-state index is 1.01. The summed E-state index contributed by atoms with van der Waals surface area (Å²) < 4.78 is 0. The van der Waals surface area contributed by atoms with Gasteiger partial charge in [0.1, 0.15) is 10.0 Å². The van der Waals surface area contributed by atoms with Crippen LogP contribution in [0.15, 0.2) is 90.3 Å². The smallest absolute Gasteiger partial charge is 0.124 e. The minimum absolute atomic E-state index is 1.01. The topological polar surface area (TPSA) is 25.8 Å². The number of hydrogen-bond donors (Lipinski definition) is 0. The fraction of sp³-hybridized carbons (Fsp3) is 0.0400. The summed E-state index contributed by atoms with van der Waals surface area (Å²) in [7, 11) is 0. The monoisotopic (exact) mass is 410 g/mol. The molecule has 0 spiro atoms. The largest absolute Gasteiger partial charge is 0.236 e. The summed E-state index contributed by atoms with van der Waals surface area (Å²) in [6.45, 7) is 2.14. The molecule has 0 saturated carbocycles. The zero-order valence-corrected chi connectivity index (χ0v) is 17.5. The molecule has 5 rings (SSSR count). The highest BCUT2D eigenvalue weighted by atomic mass is 32.1. The predicted molar refractivity (Wildman–Crippen MR) is 124 cm³/mol. The van der Waals surface area contributed by atoms with Gasteiger partial charge in [-0.1, -0.05) is 84.9 Å². The molecule has 0 N–H and O–H groups in total. The number of hydrogen-bond acceptors (Lipinski definition) is 4. The van der Waals surface area contributed by atoms with E-state index >= 15 is 0 Å². The van der Waals surface area contributed by atoms with E-state index in [1.54, 1.807) is 22.7 Å². The van der Waals surface area contributed by atoms with E-state index < -0.39 is 0 Å². The van der Waals surface area contributed by atoms with E-state index in [1.165, 1.54) is 10.4 Å². The molecule has 0 atom stereocenters. The van der Waals surface area contributed by atoms with Gasteiger partial charge in [-0.05, 0) is 6.92 Å². The zero-order chi connectivity index (χ0) is 19.6. The van der Waals surface area contributed by atoms with Gasteiger partial charge in [0.15, 0.2) is 0 Å². The van der Waals surface area contributed by atoms with Crippen LogP contribution in [0, 0.1) is 6.92 Å². The van der Waals surface area contributed by atoms with Gasteiger partial charge in [-0.25, -0.2) is 9.97 Å². The van der Waals surface area contributed by atoms with Crippen LogP contribution in [0.5, 0.6) is 0 Å². The van der Waals surface area contributed by atoms with Gasteiger partial charge in [-0.3, -0.25) is 0 Å². The first-order valence-electron chi connectivity index (χ1n) is 9.42. The Morgan fingerprint density at radius 3 is 1.86 bits per heavy atom. The van der Waals surface area contributed by atoms with Gasteiger partial charge in [0.05, 0.1) is 11.4 Å². The third-order valence-corrected chi connectivity index (χ3v) is 6.71. The Kier molecular flexibility index (Phi) is 4.80. The van der Waals surface area contributed by atoms with E-state index in [4.69, 9.17) is 9.97 Å². The van der Waals surface area contributed by atoms with E-state index in [-0.39, 0.29) is 0 Å². The van der Waals surface area contributed by atoms with Gasteiger partial charge in [0, 0.05) is 32.5 Å². The van der Waals surface area contributed by atoms with Crippen molar-refractivity contribution in [3.63, 3.8) is 0 Å². The van der Waals surface area contributed by atoms with Gasteiger partial charge in [-0.15, -0.1) is 22.7 Å². The molecule has 0 aliphatic rings. The van der Waals surface area contributed by atoms with Crippen LogP contribution in [-0.2, 0) is 0 Å². The molecule has 0 aliphatic heterocycles. The highest BCUT2D eigenvalue weighted by molar-refractivity contribution is 7.15. The van der Waals surface area contributed by atoms with Crippen LogP contribution in [0.4, 0.5) is 0 Å². The summed E-state index contributed by atoms with van der Waals surface area (Å²) in [5, 5.41) is 4.22. The average Bonchev–Trinajstić information content (AvgIpc) is 3.42. The van der Waals surface area contributed by atoms with Gasteiger partial charge < -0.3 is 0 Å². The highest BCUT2D eigenvalue weighted by Crippen LogP contribution is 2.34. The first-order chi connectivity index (χ1) is 14.3. The number of nitrogens with zero attached hydrogens (tertiary/aromatic N) is 2. The summed E-state index contributed by atoms with van der Waals surface area (Å²) in [4.78, 5) is 11.0. The molecule has 0 bridgehead atoms. The molecule has 5 aromatic rings. The average molecular weight is 411 g/mol. The van der Waals surface area contributed by atoms with Crippen molar-refractivity contribution in [2.24, 2.45) is 0 Å². The van der Waals surface area contributed by atoms with Crippen LogP contribution in [0.1, 0.15) is 4.88 Å². The molecule has 3 aromatic carbocycles. The van der Waals surface area contributed by atoms with Crippen molar-refractivity contribution >= 4 is 22.7 Å². The first-order valence-corrected chi connectivity index (χ1v) is 11.1. The Morgan fingerprint density at radius 1 is 0.586 bits per heavy atom. The number of thiazole rings is 2. The van der Waals surface area contributed by atoms with E-state index in [0.29, 0.717) is 0 Å². The van der Waals surface area contributed by atoms with Crippen molar-refractivity contribution in [1.29, 1.82) is 0 Å². The molecule has 0 fully saturated rings. The molecular weight excluding hydrogens is 392 g/mol.